The minimum atomic E-state index is -0.673. The van der Waals surface area contributed by atoms with Gasteiger partial charge in [-0.05, 0) is 43.0 Å². The molecular formula is C35H37N5O6S. The van der Waals surface area contributed by atoms with E-state index in [9.17, 15) is 24.0 Å². The van der Waals surface area contributed by atoms with Crippen LogP contribution in [0.5, 0.6) is 5.75 Å². The van der Waals surface area contributed by atoms with Gasteiger partial charge in [-0.1, -0.05) is 37.1 Å². The number of imide groups is 1. The van der Waals surface area contributed by atoms with Crippen LogP contribution < -0.4 is 10.1 Å². The Morgan fingerprint density at radius 2 is 1.70 bits per heavy atom. The average Bonchev–Trinajstić information content (AvgIpc) is 3.86. The molecule has 3 aromatic rings. The van der Waals surface area contributed by atoms with Crippen LogP contribution >= 0.6 is 11.3 Å². The van der Waals surface area contributed by atoms with Crippen molar-refractivity contribution in [3.63, 3.8) is 0 Å². The van der Waals surface area contributed by atoms with Crippen LogP contribution in [0.1, 0.15) is 79.7 Å². The summed E-state index contributed by atoms with van der Waals surface area (Å²) in [4.78, 5) is 77.0. The number of rotatable bonds is 7. The highest BCUT2D eigenvalue weighted by atomic mass is 32.1. The molecule has 2 aromatic carbocycles. The molecule has 12 heteroatoms. The summed E-state index contributed by atoms with van der Waals surface area (Å²) < 4.78 is 6.64. The molecule has 7 rings (SSSR count). The van der Waals surface area contributed by atoms with Crippen LogP contribution in [-0.4, -0.2) is 88.6 Å². The maximum absolute atomic E-state index is 14.5. The molecule has 3 aliphatic heterocycles. The SMILES string of the molecule is CNC(=O)[C@@H]1CCCCC1C(=O)N1CCc2cccc(OC3CCN(C(=O)c4cncs4)C3)c2[C@H]1CN1C(=O)c2ccccc2C1=O. The van der Waals surface area contributed by atoms with Crippen molar-refractivity contribution >= 4 is 40.9 Å². The first-order valence-corrected chi connectivity index (χ1v) is 17.2. The van der Waals surface area contributed by atoms with Crippen LogP contribution in [0, 0.1) is 11.8 Å². The smallest absolute Gasteiger partial charge is 0.265 e. The number of likely N-dealkylation sites (tertiary alicyclic amines) is 1. The molecular weight excluding hydrogens is 618 g/mol. The van der Waals surface area contributed by atoms with Crippen molar-refractivity contribution in [2.75, 3.05) is 33.2 Å². The zero-order chi connectivity index (χ0) is 32.7. The molecule has 2 fully saturated rings. The zero-order valence-corrected chi connectivity index (χ0v) is 27.0. The van der Waals surface area contributed by atoms with Crippen molar-refractivity contribution in [2.45, 2.75) is 50.7 Å². The van der Waals surface area contributed by atoms with Crippen LogP contribution in [0.4, 0.5) is 0 Å². The normalized spacial score (nSPS) is 23.8. The highest BCUT2D eigenvalue weighted by Crippen LogP contribution is 2.42. The predicted octanol–water partition coefficient (Wildman–Crippen LogP) is 3.71. The minimum Gasteiger partial charge on any atom is -0.488 e. The summed E-state index contributed by atoms with van der Waals surface area (Å²) in [6.07, 6.45) is 5.46. The van der Waals surface area contributed by atoms with E-state index in [2.05, 4.69) is 10.3 Å². The summed E-state index contributed by atoms with van der Waals surface area (Å²) in [5.74, 6) is -1.49. The second kappa shape index (κ2) is 12.9. The minimum absolute atomic E-state index is 0.0382. The molecule has 1 N–H and O–H groups in total. The van der Waals surface area contributed by atoms with Gasteiger partial charge in [-0.3, -0.25) is 33.9 Å². The summed E-state index contributed by atoms with van der Waals surface area (Å²) >= 11 is 1.31. The molecule has 4 atom stereocenters. The number of aromatic nitrogens is 1. The Morgan fingerprint density at radius 3 is 2.40 bits per heavy atom. The first-order chi connectivity index (χ1) is 22.9. The molecule has 47 heavy (non-hydrogen) atoms. The Balaban J connectivity index is 1.22. The van der Waals surface area contributed by atoms with E-state index in [1.807, 2.05) is 18.2 Å². The summed E-state index contributed by atoms with van der Waals surface area (Å²) in [6, 6.07) is 11.9. The largest absolute Gasteiger partial charge is 0.488 e. The Morgan fingerprint density at radius 1 is 0.957 bits per heavy atom. The lowest BCUT2D eigenvalue weighted by molar-refractivity contribution is -0.146. The number of amides is 5. The number of nitrogens with one attached hydrogen (secondary N) is 1. The molecule has 0 radical (unpaired) electrons. The molecule has 1 aromatic heterocycles. The topological polar surface area (TPSA) is 129 Å². The van der Waals surface area contributed by atoms with Gasteiger partial charge in [0.15, 0.2) is 0 Å². The quantitative estimate of drug-likeness (QED) is 0.385. The molecule has 5 amide bonds. The van der Waals surface area contributed by atoms with Gasteiger partial charge in [0.05, 0.1) is 42.0 Å². The molecule has 2 unspecified atom stereocenters. The monoisotopic (exact) mass is 655 g/mol. The number of nitrogens with zero attached hydrogens (tertiary/aromatic N) is 4. The fraction of sp³-hybridized carbons (Fsp3) is 0.429. The van der Waals surface area contributed by atoms with Crippen molar-refractivity contribution in [3.05, 3.63) is 81.3 Å². The van der Waals surface area contributed by atoms with Crippen molar-refractivity contribution < 1.29 is 28.7 Å². The lowest BCUT2D eigenvalue weighted by Crippen LogP contribution is -2.51. The number of benzene rings is 2. The van der Waals surface area contributed by atoms with Gasteiger partial charge in [0.25, 0.3) is 17.7 Å². The van der Waals surface area contributed by atoms with Gasteiger partial charge in [0, 0.05) is 44.0 Å². The number of thiazole rings is 1. The molecule has 1 saturated heterocycles. The summed E-state index contributed by atoms with van der Waals surface area (Å²) in [7, 11) is 1.60. The van der Waals surface area contributed by atoms with Crippen LogP contribution in [0.2, 0.25) is 0 Å². The highest BCUT2D eigenvalue weighted by Gasteiger charge is 2.45. The number of hydrogen-bond acceptors (Lipinski definition) is 8. The Kier molecular flexibility index (Phi) is 8.52. The first kappa shape index (κ1) is 31.0. The van der Waals surface area contributed by atoms with E-state index in [-0.39, 0.29) is 30.4 Å². The van der Waals surface area contributed by atoms with Gasteiger partial charge in [-0.2, -0.15) is 0 Å². The summed E-state index contributed by atoms with van der Waals surface area (Å²) in [5.41, 5.74) is 4.08. The van der Waals surface area contributed by atoms with E-state index < -0.39 is 29.7 Å². The molecule has 0 spiro atoms. The van der Waals surface area contributed by atoms with Crippen LogP contribution in [-0.2, 0) is 16.0 Å². The van der Waals surface area contributed by atoms with Gasteiger partial charge in [0.1, 0.15) is 16.7 Å². The Hall–Kier alpha value is -4.58. The van der Waals surface area contributed by atoms with Crippen molar-refractivity contribution in [1.29, 1.82) is 0 Å². The molecule has 11 nitrogen and oxygen atoms in total. The second-order valence-electron chi connectivity index (χ2n) is 12.6. The molecule has 1 aliphatic carbocycles. The molecule has 4 heterocycles. The van der Waals surface area contributed by atoms with Crippen molar-refractivity contribution in [3.8, 4) is 5.75 Å². The van der Waals surface area contributed by atoms with Gasteiger partial charge in [-0.15, -0.1) is 11.3 Å². The summed E-state index contributed by atoms with van der Waals surface area (Å²) in [5, 5.41) is 2.74. The van der Waals surface area contributed by atoms with Gasteiger partial charge >= 0.3 is 0 Å². The predicted molar refractivity (Wildman–Crippen MR) is 173 cm³/mol. The number of fused-ring (bicyclic) bond motifs is 2. The maximum atomic E-state index is 14.5. The van der Waals surface area contributed by atoms with Gasteiger partial charge in [-0.25, -0.2) is 0 Å². The van der Waals surface area contributed by atoms with Crippen molar-refractivity contribution in [2.24, 2.45) is 11.8 Å². The van der Waals surface area contributed by atoms with Crippen LogP contribution in [0.25, 0.3) is 0 Å². The van der Waals surface area contributed by atoms with Crippen molar-refractivity contribution in [1.82, 2.24) is 25.0 Å². The third kappa shape index (κ3) is 5.68. The first-order valence-electron chi connectivity index (χ1n) is 16.3. The lowest BCUT2D eigenvalue weighted by Gasteiger charge is -2.43. The highest BCUT2D eigenvalue weighted by molar-refractivity contribution is 7.11. The number of carbonyl (C=O) groups is 5. The number of hydrogen-bond donors (Lipinski definition) is 1. The van der Waals surface area contributed by atoms with Crippen LogP contribution in [0.15, 0.2) is 54.2 Å². The molecule has 0 bridgehead atoms. The van der Waals surface area contributed by atoms with Gasteiger partial charge in [0.2, 0.25) is 11.8 Å². The third-order valence-electron chi connectivity index (χ3n) is 10.0. The summed E-state index contributed by atoms with van der Waals surface area (Å²) in [6.45, 7) is 1.30. The fourth-order valence-electron chi connectivity index (χ4n) is 7.68. The van der Waals surface area contributed by atoms with Gasteiger partial charge < -0.3 is 19.9 Å². The third-order valence-corrected chi connectivity index (χ3v) is 10.8. The van der Waals surface area contributed by atoms with E-state index in [1.165, 1.54) is 16.2 Å². The Labute approximate surface area is 276 Å². The molecule has 4 aliphatic rings. The van der Waals surface area contributed by atoms with Crippen LogP contribution in [0.3, 0.4) is 0 Å². The average molecular weight is 656 g/mol. The number of carbonyl (C=O) groups excluding carboxylic acids is 5. The van der Waals surface area contributed by atoms with E-state index in [0.717, 1.165) is 24.0 Å². The zero-order valence-electron chi connectivity index (χ0n) is 26.2. The standard InChI is InChI=1S/C35H37N5O6S/c1-36-31(41)23-8-2-3-9-24(23)32(42)39-16-13-21-7-6-12-28(46-22-14-15-38(18-22)35(45)29-17-37-20-47-29)30(21)27(39)19-40-33(43)25-10-4-5-11-26(25)34(40)44/h4-7,10-12,17,20,22-24,27H,2-3,8-9,13-16,18-19H2,1H3,(H,36,41)/t22?,23-,24?,27-/m1/s1. The molecule has 1 saturated carbocycles. The van der Waals surface area contributed by atoms with E-state index >= 15 is 0 Å². The maximum Gasteiger partial charge on any atom is 0.265 e. The van der Waals surface area contributed by atoms with E-state index in [1.54, 1.807) is 52.8 Å². The van der Waals surface area contributed by atoms with E-state index in [0.29, 0.717) is 67.1 Å². The lowest BCUT2D eigenvalue weighted by atomic mass is 9.77. The van der Waals surface area contributed by atoms with E-state index in [4.69, 9.17) is 4.74 Å². The Bertz CT molecular complexity index is 1690. The fourth-order valence-corrected chi connectivity index (χ4v) is 8.26. The second-order valence-corrected chi connectivity index (χ2v) is 13.5. The molecule has 244 valence electrons. The number of ether oxygens (including phenoxy) is 1.